The molecule has 0 aliphatic carbocycles. The molecule has 0 fully saturated rings. The fraction of sp³-hybridized carbons (Fsp3) is 0.267. The molecule has 0 bridgehead atoms. The van der Waals surface area contributed by atoms with Gasteiger partial charge in [-0.15, -0.1) is 11.3 Å². The van der Waals surface area contributed by atoms with Crippen molar-refractivity contribution in [2.45, 2.75) is 20.4 Å². The Morgan fingerprint density at radius 1 is 1.43 bits per heavy atom. The minimum absolute atomic E-state index is 0.0727. The lowest BCUT2D eigenvalue weighted by Gasteiger charge is -2.11. The lowest BCUT2D eigenvalue weighted by Crippen LogP contribution is -2.10. The minimum Gasteiger partial charge on any atom is -0.462 e. The second kappa shape index (κ2) is 6.58. The minimum atomic E-state index is -0.551. The Morgan fingerprint density at radius 3 is 2.81 bits per heavy atom. The van der Waals surface area contributed by atoms with E-state index in [0.717, 1.165) is 10.9 Å². The van der Waals surface area contributed by atoms with Gasteiger partial charge in [-0.25, -0.2) is 9.18 Å². The highest BCUT2D eigenvalue weighted by Gasteiger charge is 2.15. The van der Waals surface area contributed by atoms with Crippen LogP contribution in [0.1, 0.15) is 27.0 Å². The summed E-state index contributed by atoms with van der Waals surface area (Å²) in [4.78, 5) is 14.0. The zero-order chi connectivity index (χ0) is 15.4. The SMILES string of the molecule is CCOC(=O)c1cc(NCc2ccc(C)s2)c(F)cc1N. The molecule has 3 N–H and O–H groups in total. The number of carbonyl (C=O) groups excluding carboxylic acids is 1. The molecule has 0 spiro atoms. The van der Waals surface area contributed by atoms with Crippen LogP contribution in [-0.4, -0.2) is 12.6 Å². The molecule has 6 heteroatoms. The van der Waals surface area contributed by atoms with Crippen LogP contribution < -0.4 is 11.1 Å². The van der Waals surface area contributed by atoms with E-state index < -0.39 is 11.8 Å². The third-order valence-corrected chi connectivity index (χ3v) is 3.88. The Bertz CT molecular complexity index is 655. The number of rotatable bonds is 5. The topological polar surface area (TPSA) is 64.3 Å². The van der Waals surface area contributed by atoms with E-state index in [1.807, 2.05) is 19.1 Å². The highest BCUT2D eigenvalue weighted by atomic mass is 32.1. The lowest BCUT2D eigenvalue weighted by molar-refractivity contribution is 0.0527. The Kier molecular flexibility index (Phi) is 4.80. The third-order valence-electron chi connectivity index (χ3n) is 2.88. The fourth-order valence-electron chi connectivity index (χ4n) is 1.87. The van der Waals surface area contributed by atoms with Gasteiger partial charge in [0.15, 0.2) is 0 Å². The molecule has 2 rings (SSSR count). The van der Waals surface area contributed by atoms with Crippen LogP contribution in [-0.2, 0) is 11.3 Å². The number of benzene rings is 1. The van der Waals surface area contributed by atoms with Crippen molar-refractivity contribution in [2.24, 2.45) is 0 Å². The first-order chi connectivity index (χ1) is 10.0. The molecular formula is C15H17FN2O2S. The summed E-state index contributed by atoms with van der Waals surface area (Å²) in [6.07, 6.45) is 0. The highest BCUT2D eigenvalue weighted by Crippen LogP contribution is 2.24. The van der Waals surface area contributed by atoms with Crippen LogP contribution in [0.15, 0.2) is 24.3 Å². The van der Waals surface area contributed by atoms with Gasteiger partial charge in [0.05, 0.1) is 17.9 Å². The van der Waals surface area contributed by atoms with Crippen molar-refractivity contribution >= 4 is 28.7 Å². The molecule has 1 heterocycles. The monoisotopic (exact) mass is 308 g/mol. The van der Waals surface area contributed by atoms with Gasteiger partial charge in [0.2, 0.25) is 0 Å². The first kappa shape index (κ1) is 15.3. The fourth-order valence-corrected chi connectivity index (χ4v) is 2.70. The second-order valence-electron chi connectivity index (χ2n) is 4.51. The average molecular weight is 308 g/mol. The number of nitrogen functional groups attached to an aromatic ring is 1. The van der Waals surface area contributed by atoms with Crippen molar-refractivity contribution in [1.29, 1.82) is 0 Å². The Hall–Kier alpha value is -2.08. The van der Waals surface area contributed by atoms with Crippen molar-refractivity contribution in [3.63, 3.8) is 0 Å². The third kappa shape index (κ3) is 3.72. The maximum absolute atomic E-state index is 13.9. The van der Waals surface area contributed by atoms with Gasteiger partial charge in [0.1, 0.15) is 5.82 Å². The van der Waals surface area contributed by atoms with Gasteiger partial charge >= 0.3 is 5.97 Å². The molecule has 0 unspecified atom stereocenters. The van der Waals surface area contributed by atoms with E-state index in [-0.39, 0.29) is 23.5 Å². The molecule has 0 radical (unpaired) electrons. The molecule has 2 aromatic rings. The molecule has 4 nitrogen and oxygen atoms in total. The van der Waals surface area contributed by atoms with Gasteiger partial charge in [-0.2, -0.15) is 0 Å². The largest absolute Gasteiger partial charge is 0.462 e. The van der Waals surface area contributed by atoms with Gasteiger partial charge < -0.3 is 15.8 Å². The van der Waals surface area contributed by atoms with Gasteiger partial charge in [-0.3, -0.25) is 0 Å². The number of halogens is 1. The molecule has 0 atom stereocenters. The summed E-state index contributed by atoms with van der Waals surface area (Å²) < 4.78 is 18.8. The smallest absolute Gasteiger partial charge is 0.340 e. The summed E-state index contributed by atoms with van der Waals surface area (Å²) in [6, 6.07) is 6.51. The van der Waals surface area contributed by atoms with Crippen LogP contribution in [0, 0.1) is 12.7 Å². The number of thiophene rings is 1. The standard InChI is InChI=1S/C15H17FN2O2S/c1-3-20-15(19)11-6-14(12(16)7-13(11)17)18-8-10-5-4-9(2)21-10/h4-7,18H,3,8,17H2,1-2H3. The van der Waals surface area contributed by atoms with E-state index in [1.165, 1.54) is 10.9 Å². The molecule has 0 amide bonds. The van der Waals surface area contributed by atoms with Crippen LogP contribution in [0.2, 0.25) is 0 Å². The molecule has 112 valence electrons. The number of anilines is 2. The van der Waals surface area contributed by atoms with Crippen LogP contribution in [0.5, 0.6) is 0 Å². The molecule has 0 saturated heterocycles. The van der Waals surface area contributed by atoms with Gasteiger partial charge in [-0.05, 0) is 38.1 Å². The first-order valence-corrected chi connectivity index (χ1v) is 7.38. The number of nitrogens with one attached hydrogen (secondary N) is 1. The van der Waals surface area contributed by atoms with Crippen LogP contribution in [0.3, 0.4) is 0 Å². The average Bonchev–Trinajstić information content (AvgIpc) is 2.83. The molecular weight excluding hydrogens is 291 g/mol. The number of ether oxygens (including phenoxy) is 1. The van der Waals surface area contributed by atoms with Crippen LogP contribution in [0.25, 0.3) is 0 Å². The van der Waals surface area contributed by atoms with Crippen molar-refractivity contribution < 1.29 is 13.9 Å². The Balaban J connectivity index is 2.18. The summed E-state index contributed by atoms with van der Waals surface area (Å²) in [5, 5.41) is 2.98. The first-order valence-electron chi connectivity index (χ1n) is 6.56. The van der Waals surface area contributed by atoms with E-state index in [9.17, 15) is 9.18 Å². The number of aryl methyl sites for hydroxylation is 1. The van der Waals surface area contributed by atoms with E-state index >= 15 is 0 Å². The van der Waals surface area contributed by atoms with Gasteiger partial charge in [-0.1, -0.05) is 0 Å². The number of carbonyl (C=O) groups is 1. The van der Waals surface area contributed by atoms with Crippen molar-refractivity contribution in [1.82, 2.24) is 0 Å². The normalized spacial score (nSPS) is 10.4. The van der Waals surface area contributed by atoms with E-state index in [1.54, 1.807) is 18.3 Å². The van der Waals surface area contributed by atoms with E-state index in [4.69, 9.17) is 10.5 Å². The van der Waals surface area contributed by atoms with Gasteiger partial charge in [0, 0.05) is 22.0 Å². The Labute approximate surface area is 126 Å². The van der Waals surface area contributed by atoms with Gasteiger partial charge in [0.25, 0.3) is 0 Å². The van der Waals surface area contributed by atoms with Crippen LogP contribution in [0.4, 0.5) is 15.8 Å². The zero-order valence-corrected chi connectivity index (χ0v) is 12.7. The predicted octanol–water partition coefficient (Wildman–Crippen LogP) is 3.57. The Morgan fingerprint density at radius 2 is 2.19 bits per heavy atom. The summed E-state index contributed by atoms with van der Waals surface area (Å²) in [6.45, 7) is 4.45. The quantitative estimate of drug-likeness (QED) is 0.655. The summed E-state index contributed by atoms with van der Waals surface area (Å²) in [7, 11) is 0. The van der Waals surface area contributed by atoms with Crippen molar-refractivity contribution in [3.05, 3.63) is 45.4 Å². The highest BCUT2D eigenvalue weighted by molar-refractivity contribution is 7.11. The molecule has 1 aromatic heterocycles. The molecule has 1 aromatic carbocycles. The lowest BCUT2D eigenvalue weighted by atomic mass is 10.1. The molecule has 21 heavy (non-hydrogen) atoms. The second-order valence-corrected chi connectivity index (χ2v) is 5.88. The number of hydrogen-bond acceptors (Lipinski definition) is 5. The molecule has 0 aliphatic heterocycles. The summed E-state index contributed by atoms with van der Waals surface area (Å²) in [5.41, 5.74) is 6.14. The van der Waals surface area contributed by atoms with Crippen molar-refractivity contribution in [2.75, 3.05) is 17.7 Å². The van der Waals surface area contributed by atoms with Crippen LogP contribution >= 0.6 is 11.3 Å². The molecule has 0 aliphatic rings. The summed E-state index contributed by atoms with van der Waals surface area (Å²) in [5.74, 6) is -1.04. The number of nitrogens with two attached hydrogens (primary N) is 1. The van der Waals surface area contributed by atoms with E-state index in [2.05, 4.69) is 5.32 Å². The summed E-state index contributed by atoms with van der Waals surface area (Å²) >= 11 is 1.63. The predicted molar refractivity (Wildman–Crippen MR) is 83.2 cm³/mol. The maximum atomic E-state index is 13.9. The maximum Gasteiger partial charge on any atom is 0.340 e. The number of esters is 1. The molecule has 0 saturated carbocycles. The van der Waals surface area contributed by atoms with E-state index in [0.29, 0.717) is 6.54 Å². The zero-order valence-electron chi connectivity index (χ0n) is 11.9. The van der Waals surface area contributed by atoms with Crippen molar-refractivity contribution in [3.8, 4) is 0 Å². The number of hydrogen-bond donors (Lipinski definition) is 2.